The largest absolute Gasteiger partial charge is 0.321 e. The number of carbonyl (C=O) groups excluding carboxylic acids is 2. The molecule has 2 N–H and O–H groups in total. The van der Waals surface area contributed by atoms with Crippen LogP contribution in [0.25, 0.3) is 0 Å². The summed E-state index contributed by atoms with van der Waals surface area (Å²) in [7, 11) is 0. The van der Waals surface area contributed by atoms with Crippen molar-refractivity contribution in [3.63, 3.8) is 0 Å². The molecule has 7 heteroatoms. The monoisotopic (exact) mass is 377 g/mol. The average Bonchev–Trinajstić information content (AvgIpc) is 3.36. The predicted octanol–water partition coefficient (Wildman–Crippen LogP) is 3.58. The Morgan fingerprint density at radius 1 is 1.17 bits per heavy atom. The van der Waals surface area contributed by atoms with E-state index in [0.29, 0.717) is 16.0 Å². The molecule has 1 aliphatic carbocycles. The van der Waals surface area contributed by atoms with E-state index in [1.807, 2.05) is 0 Å². The van der Waals surface area contributed by atoms with E-state index in [-0.39, 0.29) is 17.4 Å². The van der Waals surface area contributed by atoms with Gasteiger partial charge in [-0.05, 0) is 59.1 Å². The summed E-state index contributed by atoms with van der Waals surface area (Å²) in [5, 5.41) is 5.34. The number of benzene rings is 1. The van der Waals surface area contributed by atoms with Crippen molar-refractivity contribution in [2.24, 2.45) is 5.92 Å². The van der Waals surface area contributed by atoms with Crippen molar-refractivity contribution in [3.8, 4) is 0 Å². The second-order valence-corrected chi connectivity index (χ2v) is 6.13. The minimum atomic E-state index is -0.506. The number of anilines is 2. The van der Waals surface area contributed by atoms with Gasteiger partial charge in [0.1, 0.15) is 11.6 Å². The molecule has 1 aromatic carbocycles. The number of carbonyl (C=O) groups is 2. The molecule has 118 valence electrons. The fourth-order valence-electron chi connectivity index (χ4n) is 1.96. The first-order valence-corrected chi connectivity index (χ1v) is 7.85. The first-order chi connectivity index (χ1) is 11.0. The molecule has 0 spiro atoms. The van der Waals surface area contributed by atoms with Crippen molar-refractivity contribution in [2.75, 3.05) is 10.6 Å². The van der Waals surface area contributed by atoms with Crippen LogP contribution in [0.2, 0.25) is 0 Å². The van der Waals surface area contributed by atoms with E-state index in [4.69, 9.17) is 0 Å². The van der Waals surface area contributed by atoms with E-state index in [1.54, 1.807) is 12.1 Å². The highest BCUT2D eigenvalue weighted by Crippen LogP contribution is 2.30. The van der Waals surface area contributed by atoms with Crippen LogP contribution in [0.15, 0.2) is 41.0 Å². The molecule has 5 nitrogen and oxygen atoms in total. The van der Waals surface area contributed by atoms with Crippen LogP contribution in [0.4, 0.5) is 15.9 Å². The zero-order valence-electron chi connectivity index (χ0n) is 12.0. The smallest absolute Gasteiger partial charge is 0.255 e. The van der Waals surface area contributed by atoms with Gasteiger partial charge in [-0.25, -0.2) is 9.37 Å². The molecule has 1 saturated carbocycles. The van der Waals surface area contributed by atoms with E-state index >= 15 is 0 Å². The Balaban J connectivity index is 1.63. The highest BCUT2D eigenvalue weighted by molar-refractivity contribution is 9.10. The first kappa shape index (κ1) is 15.6. The van der Waals surface area contributed by atoms with Gasteiger partial charge in [0.25, 0.3) is 5.91 Å². The molecular formula is C16H13BrFN3O2. The van der Waals surface area contributed by atoms with Gasteiger partial charge in [-0.1, -0.05) is 0 Å². The molecule has 1 heterocycles. The van der Waals surface area contributed by atoms with Gasteiger partial charge in [0, 0.05) is 11.5 Å². The lowest BCUT2D eigenvalue weighted by atomic mass is 10.2. The van der Waals surface area contributed by atoms with Crippen molar-refractivity contribution in [1.82, 2.24) is 4.98 Å². The molecule has 0 aliphatic heterocycles. The number of aromatic nitrogens is 1. The number of rotatable bonds is 4. The summed E-state index contributed by atoms with van der Waals surface area (Å²) in [6.07, 6.45) is 3.28. The van der Waals surface area contributed by atoms with Gasteiger partial charge in [0.05, 0.1) is 16.4 Å². The predicted molar refractivity (Wildman–Crippen MR) is 87.6 cm³/mol. The topological polar surface area (TPSA) is 71.1 Å². The minimum Gasteiger partial charge on any atom is -0.321 e. The Morgan fingerprint density at radius 3 is 2.57 bits per heavy atom. The van der Waals surface area contributed by atoms with Gasteiger partial charge in [-0.3, -0.25) is 9.59 Å². The maximum Gasteiger partial charge on any atom is 0.255 e. The van der Waals surface area contributed by atoms with Gasteiger partial charge in [0.2, 0.25) is 5.91 Å². The highest BCUT2D eigenvalue weighted by atomic mass is 79.9. The number of nitrogens with zero attached hydrogens (tertiary/aromatic N) is 1. The lowest BCUT2D eigenvalue weighted by Gasteiger charge is -2.07. The summed E-state index contributed by atoms with van der Waals surface area (Å²) in [5.74, 6) is -0.431. The second kappa shape index (κ2) is 6.45. The number of pyridine rings is 1. The molecule has 1 aliphatic rings. The molecule has 0 atom stereocenters. The normalized spacial score (nSPS) is 13.5. The van der Waals surface area contributed by atoms with Crippen LogP contribution in [0.1, 0.15) is 23.2 Å². The Kier molecular flexibility index (Phi) is 4.38. The van der Waals surface area contributed by atoms with Crippen molar-refractivity contribution >= 4 is 39.2 Å². The molecule has 2 aromatic rings. The molecule has 1 fully saturated rings. The zero-order valence-corrected chi connectivity index (χ0v) is 13.6. The van der Waals surface area contributed by atoms with Crippen molar-refractivity contribution in [1.29, 1.82) is 0 Å². The summed E-state index contributed by atoms with van der Waals surface area (Å²) in [4.78, 5) is 27.7. The van der Waals surface area contributed by atoms with Crippen LogP contribution < -0.4 is 10.6 Å². The van der Waals surface area contributed by atoms with Gasteiger partial charge in [-0.2, -0.15) is 0 Å². The molecular weight excluding hydrogens is 365 g/mol. The molecule has 0 bridgehead atoms. The number of amides is 2. The van der Waals surface area contributed by atoms with Crippen LogP contribution >= 0.6 is 15.9 Å². The van der Waals surface area contributed by atoms with Crippen LogP contribution in [0.3, 0.4) is 0 Å². The number of hydrogen-bond donors (Lipinski definition) is 2. The first-order valence-electron chi connectivity index (χ1n) is 7.06. The molecule has 2 amide bonds. The summed E-state index contributed by atoms with van der Waals surface area (Å²) in [6.45, 7) is 0. The van der Waals surface area contributed by atoms with Crippen molar-refractivity contribution in [2.45, 2.75) is 12.8 Å². The van der Waals surface area contributed by atoms with Crippen LogP contribution in [-0.2, 0) is 4.79 Å². The fourth-order valence-corrected chi connectivity index (χ4v) is 2.20. The molecule has 0 saturated heterocycles. The van der Waals surface area contributed by atoms with E-state index in [0.717, 1.165) is 18.9 Å². The maximum absolute atomic E-state index is 13.4. The third kappa shape index (κ3) is 3.92. The lowest BCUT2D eigenvalue weighted by Crippen LogP contribution is -2.15. The molecule has 1 aromatic heterocycles. The van der Waals surface area contributed by atoms with Gasteiger partial charge < -0.3 is 10.6 Å². The standard InChI is InChI=1S/C16H13BrFN3O2/c17-12-5-3-10(7-13(12)18)16(23)20-11-4-6-14(19-8-11)21-15(22)9-1-2-9/h3-9H,1-2H2,(H,20,23)(H,19,21,22). The quantitative estimate of drug-likeness (QED) is 0.855. The van der Waals surface area contributed by atoms with E-state index in [9.17, 15) is 14.0 Å². The third-order valence-electron chi connectivity index (χ3n) is 3.40. The van der Waals surface area contributed by atoms with E-state index < -0.39 is 11.7 Å². The van der Waals surface area contributed by atoms with Crippen molar-refractivity contribution < 1.29 is 14.0 Å². The van der Waals surface area contributed by atoms with Gasteiger partial charge in [0.15, 0.2) is 0 Å². The van der Waals surface area contributed by atoms with E-state index in [1.165, 1.54) is 18.3 Å². The lowest BCUT2D eigenvalue weighted by molar-refractivity contribution is -0.117. The molecule has 0 radical (unpaired) electrons. The molecule has 0 unspecified atom stereocenters. The van der Waals surface area contributed by atoms with Crippen LogP contribution in [0.5, 0.6) is 0 Å². The van der Waals surface area contributed by atoms with E-state index in [2.05, 4.69) is 31.5 Å². The fraction of sp³-hybridized carbons (Fsp3) is 0.188. The zero-order chi connectivity index (χ0) is 16.4. The Labute approximate surface area is 140 Å². The Bertz CT molecular complexity index is 760. The van der Waals surface area contributed by atoms with Gasteiger partial charge >= 0.3 is 0 Å². The summed E-state index contributed by atoms with van der Waals surface area (Å²) >= 11 is 3.04. The Morgan fingerprint density at radius 2 is 1.96 bits per heavy atom. The minimum absolute atomic E-state index is 0.0281. The molecule has 23 heavy (non-hydrogen) atoms. The third-order valence-corrected chi connectivity index (χ3v) is 4.05. The highest BCUT2D eigenvalue weighted by Gasteiger charge is 2.29. The SMILES string of the molecule is O=C(Nc1ccc(NC(=O)C2CC2)nc1)c1ccc(Br)c(F)c1. The summed E-state index contributed by atoms with van der Waals surface area (Å²) in [5.41, 5.74) is 0.666. The maximum atomic E-state index is 13.4. The number of nitrogens with one attached hydrogen (secondary N) is 2. The summed E-state index contributed by atoms with van der Waals surface area (Å²) in [6, 6.07) is 7.37. The number of halogens is 2. The second-order valence-electron chi connectivity index (χ2n) is 5.28. The van der Waals surface area contributed by atoms with Crippen molar-refractivity contribution in [3.05, 3.63) is 52.4 Å². The van der Waals surface area contributed by atoms with Crippen LogP contribution in [0, 0.1) is 11.7 Å². The summed E-state index contributed by atoms with van der Waals surface area (Å²) < 4.78 is 13.7. The van der Waals surface area contributed by atoms with Crippen LogP contribution in [-0.4, -0.2) is 16.8 Å². The number of hydrogen-bond acceptors (Lipinski definition) is 3. The Hall–Kier alpha value is -2.28. The molecule has 3 rings (SSSR count). The average molecular weight is 378 g/mol. The van der Waals surface area contributed by atoms with Gasteiger partial charge in [-0.15, -0.1) is 0 Å².